The standard InChI is InChI=1S/C19H24O4.C18H22O5.C18H22O4.C16H16O6/c1-14(2)18(21)22-13-17(20)23-19(12-8-7-9-15(19)3)16-10-5-4-6-11-16;1-13(2)17(20)22-12-16(19)23-18(11-7-10-15(18)21-3)14-8-5-4-6-9-14;1-13(2)17(20)21-12-16(19)22-18(11-7-8-14(18)3)15-9-5-4-6-10-15;1-11(2)15(19)20-9-14(18)22-16(8-13(17)21-10-16)12-6-4-3-5-7-12/h4-6,10-11,15H,1,7-9,12-13H2,2-3H3;4-6,8-9,15H,1,7,10-12H2,2-3H3;4-6,9-10,14H,1,7-8,11-12H2,2-3H3;3-7H,1,8-10H2,2H3. The molecule has 4 aromatic rings. The Hall–Kier alpha value is -8.97. The van der Waals surface area contributed by atoms with Gasteiger partial charge in [0.15, 0.2) is 37.6 Å². The zero-order valence-electron chi connectivity index (χ0n) is 52.7. The lowest BCUT2D eigenvalue weighted by Crippen LogP contribution is -2.42. The Balaban J connectivity index is 0.000000218. The third kappa shape index (κ3) is 19.8. The minimum atomic E-state index is -1.18. The average molecular weight is 1240 g/mol. The topological polar surface area (TPSA) is 246 Å². The molecule has 482 valence electrons. The fourth-order valence-electron chi connectivity index (χ4n) is 11.2. The molecule has 19 nitrogen and oxygen atoms in total. The average Bonchev–Trinajstić information content (AvgIpc) is 1.39. The van der Waals surface area contributed by atoms with E-state index in [4.69, 9.17) is 47.4 Å². The number of carbonyl (C=O) groups is 9. The van der Waals surface area contributed by atoms with Crippen molar-refractivity contribution in [3.8, 4) is 0 Å². The largest absolute Gasteiger partial charge is 0.461 e. The van der Waals surface area contributed by atoms with Gasteiger partial charge in [-0.15, -0.1) is 0 Å². The quantitative estimate of drug-likeness (QED) is 0.0427. The fraction of sp³-hybridized carbons (Fsp3) is 0.423. The summed E-state index contributed by atoms with van der Waals surface area (Å²) in [5.74, 6) is -4.81. The summed E-state index contributed by atoms with van der Waals surface area (Å²) in [4.78, 5) is 105. The van der Waals surface area contributed by atoms with Gasteiger partial charge in [-0.05, 0) is 108 Å². The lowest BCUT2D eigenvalue weighted by molar-refractivity contribution is -0.181. The SMILES string of the molecule is C=C(C)C(=O)OCC(=O)OC1(c2ccccc2)CCCC1C.C=C(C)C(=O)OCC(=O)OC1(c2ccccc2)CCCC1OC.C=C(C)C(=O)OCC(=O)OC1(c2ccccc2)CCCCC1C.C=C(C)C(=O)OCC(=O)OC1(c2ccccc2)COC(=O)C1. The molecular formula is C71H84O19. The molecule has 90 heavy (non-hydrogen) atoms. The first-order chi connectivity index (χ1) is 42.8. The van der Waals surface area contributed by atoms with Crippen LogP contribution in [0.4, 0.5) is 0 Å². The van der Waals surface area contributed by atoms with Crippen LogP contribution in [-0.2, 0) is 113 Å². The third-order valence-corrected chi connectivity index (χ3v) is 15.9. The molecule has 1 saturated heterocycles. The highest BCUT2D eigenvalue weighted by Crippen LogP contribution is 2.48. The van der Waals surface area contributed by atoms with E-state index in [-0.39, 0.29) is 66.5 Å². The van der Waals surface area contributed by atoms with Crippen molar-refractivity contribution in [1.82, 2.24) is 0 Å². The lowest BCUT2D eigenvalue weighted by Gasteiger charge is -2.42. The second-order valence-electron chi connectivity index (χ2n) is 22.8. The van der Waals surface area contributed by atoms with Gasteiger partial charge in [-0.2, -0.15) is 0 Å². The van der Waals surface area contributed by atoms with Crippen LogP contribution in [0.5, 0.6) is 0 Å². The van der Waals surface area contributed by atoms with E-state index in [1.807, 2.05) is 97.1 Å². The number of carbonyl (C=O) groups excluding carboxylic acids is 9. The van der Waals surface area contributed by atoms with Crippen LogP contribution in [0.2, 0.25) is 0 Å². The van der Waals surface area contributed by atoms with Crippen molar-refractivity contribution in [2.45, 2.75) is 141 Å². The number of esters is 9. The third-order valence-electron chi connectivity index (χ3n) is 15.9. The van der Waals surface area contributed by atoms with Crippen molar-refractivity contribution in [3.05, 3.63) is 192 Å². The first kappa shape index (κ1) is 71.8. The van der Waals surface area contributed by atoms with Crippen molar-refractivity contribution < 1.29 is 90.5 Å². The van der Waals surface area contributed by atoms with Crippen molar-refractivity contribution >= 4 is 53.7 Å². The summed E-state index contributed by atoms with van der Waals surface area (Å²) in [5.41, 5.74) is 1.25. The first-order valence-corrected chi connectivity index (χ1v) is 29.9. The number of ether oxygens (including phenoxy) is 10. The Morgan fingerprint density at radius 2 is 0.744 bits per heavy atom. The van der Waals surface area contributed by atoms with Crippen LogP contribution >= 0.6 is 0 Å². The molecule has 0 amide bonds. The van der Waals surface area contributed by atoms with Crippen LogP contribution in [0.3, 0.4) is 0 Å². The van der Waals surface area contributed by atoms with Gasteiger partial charge < -0.3 is 47.4 Å². The molecule has 0 radical (unpaired) electrons. The predicted molar refractivity (Wildman–Crippen MR) is 331 cm³/mol. The van der Waals surface area contributed by atoms with E-state index in [9.17, 15) is 43.2 Å². The van der Waals surface area contributed by atoms with Crippen LogP contribution < -0.4 is 0 Å². The highest BCUT2D eigenvalue weighted by atomic mass is 16.6. The molecule has 7 atom stereocenters. The van der Waals surface area contributed by atoms with Gasteiger partial charge in [0.05, 0.1) is 6.42 Å². The Morgan fingerprint density at radius 1 is 0.433 bits per heavy atom. The second kappa shape index (κ2) is 34.1. The Bertz CT molecular complexity index is 3100. The van der Waals surface area contributed by atoms with Gasteiger partial charge in [0, 0.05) is 41.2 Å². The summed E-state index contributed by atoms with van der Waals surface area (Å²) in [6.45, 7) is 22.4. The molecule has 19 heteroatoms. The highest BCUT2D eigenvalue weighted by molar-refractivity contribution is 5.90. The number of hydrogen-bond donors (Lipinski definition) is 0. The number of hydrogen-bond acceptors (Lipinski definition) is 19. The molecule has 3 saturated carbocycles. The van der Waals surface area contributed by atoms with E-state index in [2.05, 4.69) is 40.2 Å². The minimum absolute atomic E-state index is 0.0595. The van der Waals surface area contributed by atoms with E-state index in [1.165, 1.54) is 20.8 Å². The molecule has 4 aliphatic rings. The molecule has 0 spiro atoms. The van der Waals surface area contributed by atoms with Crippen LogP contribution in [-0.4, -0.2) is 100.0 Å². The Labute approximate surface area is 527 Å². The van der Waals surface area contributed by atoms with E-state index in [0.717, 1.165) is 74.5 Å². The molecule has 0 bridgehead atoms. The zero-order chi connectivity index (χ0) is 66.1. The molecule has 4 aromatic carbocycles. The normalized spacial score (nSPS) is 22.8. The summed E-state index contributed by atoms with van der Waals surface area (Å²) < 4.78 is 52.7. The molecule has 0 N–H and O–H groups in total. The summed E-state index contributed by atoms with van der Waals surface area (Å²) in [5, 5.41) is 0. The van der Waals surface area contributed by atoms with Gasteiger partial charge in [0.25, 0.3) is 0 Å². The second-order valence-corrected chi connectivity index (χ2v) is 22.8. The maximum absolute atomic E-state index is 12.2. The monoisotopic (exact) mass is 1240 g/mol. The van der Waals surface area contributed by atoms with Gasteiger partial charge >= 0.3 is 53.7 Å². The Morgan fingerprint density at radius 3 is 1.08 bits per heavy atom. The van der Waals surface area contributed by atoms with Crippen LogP contribution in [0.25, 0.3) is 0 Å². The van der Waals surface area contributed by atoms with E-state index >= 15 is 0 Å². The van der Waals surface area contributed by atoms with E-state index < -0.39 is 89.3 Å². The van der Waals surface area contributed by atoms with E-state index in [1.54, 1.807) is 38.3 Å². The smallest absolute Gasteiger partial charge is 0.345 e. The number of rotatable bonds is 21. The predicted octanol–water partition coefficient (Wildman–Crippen LogP) is 11.4. The minimum Gasteiger partial charge on any atom is -0.461 e. The van der Waals surface area contributed by atoms with Crippen molar-refractivity contribution in [1.29, 1.82) is 0 Å². The summed E-state index contributed by atoms with van der Waals surface area (Å²) >= 11 is 0. The van der Waals surface area contributed by atoms with Gasteiger partial charge in [-0.25, -0.2) is 38.4 Å². The molecule has 7 unspecified atom stereocenters. The summed E-state index contributed by atoms with van der Waals surface area (Å²) in [6.07, 6.45) is 8.84. The maximum atomic E-state index is 12.2. The van der Waals surface area contributed by atoms with Gasteiger partial charge in [0.1, 0.15) is 23.9 Å². The van der Waals surface area contributed by atoms with Gasteiger partial charge in [-0.1, -0.05) is 168 Å². The Kier molecular flexibility index (Phi) is 27.2. The summed E-state index contributed by atoms with van der Waals surface area (Å²) in [7, 11) is 1.61. The lowest BCUT2D eigenvalue weighted by atomic mass is 9.72. The molecular weight excluding hydrogens is 1160 g/mol. The first-order valence-electron chi connectivity index (χ1n) is 29.9. The molecule has 0 aromatic heterocycles. The van der Waals surface area contributed by atoms with E-state index in [0.29, 0.717) is 12.0 Å². The molecule has 1 aliphatic heterocycles. The van der Waals surface area contributed by atoms with Crippen molar-refractivity contribution in [3.63, 3.8) is 0 Å². The van der Waals surface area contributed by atoms with Crippen LogP contribution in [0, 0.1) is 11.8 Å². The molecule has 3 aliphatic carbocycles. The highest BCUT2D eigenvalue weighted by Gasteiger charge is 2.50. The molecule has 1 heterocycles. The number of benzene rings is 4. The van der Waals surface area contributed by atoms with Gasteiger partial charge in [-0.3, -0.25) is 4.79 Å². The van der Waals surface area contributed by atoms with Gasteiger partial charge in [0.2, 0.25) is 0 Å². The van der Waals surface area contributed by atoms with Crippen molar-refractivity contribution in [2.24, 2.45) is 11.8 Å². The fourth-order valence-corrected chi connectivity index (χ4v) is 11.2. The maximum Gasteiger partial charge on any atom is 0.345 e. The summed E-state index contributed by atoms with van der Waals surface area (Å²) in [6, 6.07) is 38.0. The van der Waals surface area contributed by atoms with Crippen LogP contribution in [0.15, 0.2) is 170 Å². The molecule has 4 fully saturated rings. The number of cyclic esters (lactones) is 1. The molecule has 8 rings (SSSR count). The zero-order valence-corrected chi connectivity index (χ0v) is 52.7. The van der Waals surface area contributed by atoms with Crippen LogP contribution in [0.1, 0.15) is 134 Å². The number of methoxy groups -OCH3 is 1. The van der Waals surface area contributed by atoms with Crippen molar-refractivity contribution in [2.75, 3.05) is 40.1 Å².